The van der Waals surface area contributed by atoms with Crippen LogP contribution in [0.1, 0.15) is 42.3 Å². The summed E-state index contributed by atoms with van der Waals surface area (Å²) in [5.41, 5.74) is 7.44. The van der Waals surface area contributed by atoms with E-state index in [1.54, 1.807) is 24.3 Å². The third-order valence-corrected chi connectivity index (χ3v) is 4.11. The molecule has 0 saturated carbocycles. The minimum atomic E-state index is -0.673. The number of amides is 2. The van der Waals surface area contributed by atoms with Gasteiger partial charge >= 0.3 is 5.97 Å². The molecule has 0 radical (unpaired) electrons. The Morgan fingerprint density at radius 3 is 2.14 bits per heavy atom. The second-order valence-corrected chi connectivity index (χ2v) is 7.58. The second-order valence-electron chi connectivity index (χ2n) is 7.58. The lowest BCUT2D eigenvalue weighted by Gasteiger charge is -2.19. The first kappa shape index (κ1) is 21.9. The number of benzene rings is 2. The van der Waals surface area contributed by atoms with E-state index in [4.69, 9.17) is 15.2 Å². The Bertz CT molecular complexity index is 852. The molecule has 2 amide bonds. The van der Waals surface area contributed by atoms with Crippen molar-refractivity contribution in [2.24, 2.45) is 5.73 Å². The van der Waals surface area contributed by atoms with Gasteiger partial charge in [-0.15, -0.1) is 0 Å². The first-order chi connectivity index (χ1) is 13.6. The topological polar surface area (TPSA) is 108 Å². The van der Waals surface area contributed by atoms with Crippen LogP contribution in [0.4, 0.5) is 0 Å². The summed E-state index contributed by atoms with van der Waals surface area (Å²) >= 11 is 0. The van der Waals surface area contributed by atoms with Crippen molar-refractivity contribution in [3.63, 3.8) is 0 Å². The molecule has 0 aliphatic heterocycles. The lowest BCUT2D eigenvalue weighted by atomic mass is 9.87. The number of carbonyl (C=O) groups excluding carboxylic acids is 3. The molecule has 0 aliphatic rings. The molecular weight excluding hydrogens is 372 g/mol. The zero-order valence-corrected chi connectivity index (χ0v) is 16.9. The van der Waals surface area contributed by atoms with Crippen LogP contribution in [0.5, 0.6) is 5.75 Å². The van der Waals surface area contributed by atoms with Crippen LogP contribution in [0.25, 0.3) is 0 Å². The number of hydrogen-bond acceptors (Lipinski definition) is 5. The smallest absolute Gasteiger partial charge is 0.338 e. The molecule has 0 bridgehead atoms. The molecule has 0 fully saturated rings. The summed E-state index contributed by atoms with van der Waals surface area (Å²) in [7, 11) is 0. The fourth-order valence-corrected chi connectivity index (χ4v) is 2.41. The molecule has 3 N–H and O–H groups in total. The van der Waals surface area contributed by atoms with Crippen LogP contribution in [0.2, 0.25) is 0 Å². The van der Waals surface area contributed by atoms with Gasteiger partial charge in [-0.2, -0.15) is 0 Å². The molecule has 0 saturated heterocycles. The highest BCUT2D eigenvalue weighted by Gasteiger charge is 2.13. The van der Waals surface area contributed by atoms with Crippen molar-refractivity contribution >= 4 is 17.8 Å². The van der Waals surface area contributed by atoms with Crippen LogP contribution in [0, 0.1) is 0 Å². The van der Waals surface area contributed by atoms with Crippen molar-refractivity contribution in [2.75, 3.05) is 13.2 Å². The number of ether oxygens (including phenoxy) is 2. The normalized spacial score (nSPS) is 10.9. The van der Waals surface area contributed by atoms with Gasteiger partial charge in [0.25, 0.3) is 5.91 Å². The van der Waals surface area contributed by atoms with Gasteiger partial charge in [0.15, 0.2) is 6.61 Å². The van der Waals surface area contributed by atoms with Crippen molar-refractivity contribution in [2.45, 2.75) is 32.8 Å². The van der Waals surface area contributed by atoms with E-state index in [1.165, 1.54) is 5.56 Å². The molecule has 7 nitrogen and oxygen atoms in total. The third kappa shape index (κ3) is 7.29. The summed E-state index contributed by atoms with van der Waals surface area (Å²) in [6, 6.07) is 14.7. The summed E-state index contributed by atoms with van der Waals surface area (Å²) in [4.78, 5) is 34.0. The summed E-state index contributed by atoms with van der Waals surface area (Å²) in [5, 5.41) is 2.23. The zero-order valence-electron chi connectivity index (χ0n) is 16.9. The Kier molecular flexibility index (Phi) is 7.36. The van der Waals surface area contributed by atoms with Gasteiger partial charge in [0.1, 0.15) is 12.4 Å². The molecule has 0 atom stereocenters. The maximum absolute atomic E-state index is 12.0. The van der Waals surface area contributed by atoms with Gasteiger partial charge in [-0.1, -0.05) is 45.0 Å². The van der Waals surface area contributed by atoms with Crippen LogP contribution in [-0.2, 0) is 26.3 Å². The van der Waals surface area contributed by atoms with Crippen molar-refractivity contribution < 1.29 is 23.9 Å². The molecule has 7 heteroatoms. The fraction of sp³-hybridized carbons (Fsp3) is 0.318. The number of primary amides is 1. The molecular formula is C22H26N2O5. The maximum atomic E-state index is 12.0. The predicted molar refractivity (Wildman–Crippen MR) is 108 cm³/mol. The average Bonchev–Trinajstić information content (AvgIpc) is 2.69. The monoisotopic (exact) mass is 398 g/mol. The van der Waals surface area contributed by atoms with Gasteiger partial charge in [-0.3, -0.25) is 9.59 Å². The summed E-state index contributed by atoms with van der Waals surface area (Å²) in [6.45, 7) is 6.04. The molecule has 0 unspecified atom stereocenters. The van der Waals surface area contributed by atoms with Crippen molar-refractivity contribution in [3.8, 4) is 5.75 Å². The lowest BCUT2D eigenvalue weighted by molar-refractivity contribution is -0.127. The van der Waals surface area contributed by atoms with Gasteiger partial charge in [0.2, 0.25) is 5.91 Å². The van der Waals surface area contributed by atoms with Gasteiger partial charge < -0.3 is 20.5 Å². The molecule has 0 spiro atoms. The second kappa shape index (κ2) is 9.73. The minimum Gasteiger partial charge on any atom is -0.489 e. The number of rotatable bonds is 8. The van der Waals surface area contributed by atoms with Crippen LogP contribution in [0.3, 0.4) is 0 Å². The van der Waals surface area contributed by atoms with E-state index >= 15 is 0 Å². The Hall–Kier alpha value is -3.35. The van der Waals surface area contributed by atoms with E-state index in [0.29, 0.717) is 12.2 Å². The summed E-state index contributed by atoms with van der Waals surface area (Å²) < 4.78 is 10.7. The predicted octanol–water partition coefficient (Wildman–Crippen LogP) is 2.32. The summed E-state index contributed by atoms with van der Waals surface area (Å²) in [6.07, 6.45) is 0. The van der Waals surface area contributed by atoms with Crippen LogP contribution in [-0.4, -0.2) is 30.9 Å². The highest BCUT2D eigenvalue weighted by Crippen LogP contribution is 2.24. The first-order valence-electron chi connectivity index (χ1n) is 9.19. The molecule has 2 aromatic rings. The van der Waals surface area contributed by atoms with Crippen LogP contribution in [0.15, 0.2) is 48.5 Å². The molecule has 2 rings (SSSR count). The number of esters is 1. The van der Waals surface area contributed by atoms with Crippen LogP contribution >= 0.6 is 0 Å². The Balaban J connectivity index is 1.82. The molecule has 2 aromatic carbocycles. The van der Waals surface area contributed by atoms with Gasteiger partial charge in [0.05, 0.1) is 12.1 Å². The molecule has 29 heavy (non-hydrogen) atoms. The minimum absolute atomic E-state index is 0.0888. The Morgan fingerprint density at radius 2 is 1.59 bits per heavy atom. The fourth-order valence-electron chi connectivity index (χ4n) is 2.41. The number of nitrogens with two attached hydrogens (primary N) is 1. The van der Waals surface area contributed by atoms with E-state index in [-0.39, 0.29) is 12.0 Å². The van der Waals surface area contributed by atoms with E-state index in [1.807, 2.05) is 24.3 Å². The quantitative estimate of drug-likeness (QED) is 0.664. The van der Waals surface area contributed by atoms with Crippen molar-refractivity contribution in [3.05, 3.63) is 65.2 Å². The van der Waals surface area contributed by atoms with Crippen molar-refractivity contribution in [1.82, 2.24) is 5.32 Å². The molecule has 154 valence electrons. The van der Waals surface area contributed by atoms with Gasteiger partial charge in [0, 0.05) is 0 Å². The zero-order chi connectivity index (χ0) is 21.4. The van der Waals surface area contributed by atoms with Crippen LogP contribution < -0.4 is 15.8 Å². The molecule has 0 heterocycles. The molecule has 0 aliphatic carbocycles. The number of carbonyl (C=O) groups is 3. The highest BCUT2D eigenvalue weighted by atomic mass is 16.5. The SMILES string of the molecule is CC(C)(C)c1ccc(OCc2ccc(C(=O)OCC(=O)NCC(N)=O)cc2)cc1. The number of nitrogens with one attached hydrogen (secondary N) is 1. The highest BCUT2D eigenvalue weighted by molar-refractivity contribution is 5.91. The Morgan fingerprint density at radius 1 is 0.966 bits per heavy atom. The average molecular weight is 398 g/mol. The largest absolute Gasteiger partial charge is 0.489 e. The van der Waals surface area contributed by atoms with Gasteiger partial charge in [-0.05, 0) is 40.8 Å². The van der Waals surface area contributed by atoms with Crippen molar-refractivity contribution in [1.29, 1.82) is 0 Å². The first-order valence-corrected chi connectivity index (χ1v) is 9.19. The lowest BCUT2D eigenvalue weighted by Crippen LogP contribution is -2.35. The molecule has 0 aromatic heterocycles. The standard InChI is InChI=1S/C22H26N2O5/c1-22(2,3)17-8-10-18(11-9-17)28-13-15-4-6-16(7-5-15)21(27)29-14-20(26)24-12-19(23)25/h4-11H,12-14H2,1-3H3,(H2,23,25)(H,24,26). The van der Waals surface area contributed by atoms with E-state index in [2.05, 4.69) is 26.1 Å². The van der Waals surface area contributed by atoms with E-state index in [0.717, 1.165) is 11.3 Å². The van der Waals surface area contributed by atoms with Gasteiger partial charge in [-0.25, -0.2) is 4.79 Å². The van der Waals surface area contributed by atoms with E-state index in [9.17, 15) is 14.4 Å². The number of hydrogen-bond donors (Lipinski definition) is 2. The third-order valence-electron chi connectivity index (χ3n) is 4.11. The summed E-state index contributed by atoms with van der Waals surface area (Å²) in [5.74, 6) is -1.14. The Labute approximate surface area is 170 Å². The van der Waals surface area contributed by atoms with E-state index < -0.39 is 24.4 Å². The maximum Gasteiger partial charge on any atom is 0.338 e.